The van der Waals surface area contributed by atoms with Gasteiger partial charge in [0.1, 0.15) is 12.3 Å². The van der Waals surface area contributed by atoms with Crippen molar-refractivity contribution in [3.05, 3.63) is 50.5 Å². The number of carbonyl (C=O) groups is 3. The summed E-state index contributed by atoms with van der Waals surface area (Å²) in [7, 11) is -3.40. The molecule has 0 bridgehead atoms. The fourth-order valence-electron chi connectivity index (χ4n) is 5.66. The minimum absolute atomic E-state index is 0.0381. The number of rotatable bonds is 13. The molecule has 2 fully saturated rings. The fraction of sp³-hybridized carbons (Fsp3) is 0.577. The molecule has 0 aromatic heterocycles. The lowest BCUT2D eigenvalue weighted by atomic mass is 9.79. The lowest BCUT2D eigenvalue weighted by Gasteiger charge is -2.46. The quantitative estimate of drug-likeness (QED) is 0.120. The minimum atomic E-state index is -3.40. The van der Waals surface area contributed by atoms with E-state index in [2.05, 4.69) is 4.72 Å². The van der Waals surface area contributed by atoms with Crippen LogP contribution in [0.25, 0.3) is 0 Å². The molecule has 0 saturated carbocycles. The van der Waals surface area contributed by atoms with E-state index in [0.717, 1.165) is 6.26 Å². The second-order valence-corrected chi connectivity index (χ2v) is 13.9. The SMILES string of the molecule is C[C@@H](O)[C@H]1C(=O)N2C(C(=O)O)=C(S[C@H]3C[C@@H](COCCNS(C)(=O)=O)N(C(=O)OCc4ccc([N+](=O)[O-])cc4)C3)[C@H](C)[C@H]12. The van der Waals surface area contributed by atoms with E-state index in [-0.39, 0.29) is 55.5 Å². The van der Waals surface area contributed by atoms with Crippen molar-refractivity contribution in [3.63, 3.8) is 0 Å². The molecule has 15 nitrogen and oxygen atoms in total. The maximum absolute atomic E-state index is 13.2. The maximum atomic E-state index is 13.2. The number of carboxylic acid groups (broad SMARTS) is 1. The smallest absolute Gasteiger partial charge is 0.410 e. The van der Waals surface area contributed by atoms with Gasteiger partial charge in [0, 0.05) is 41.3 Å². The largest absolute Gasteiger partial charge is 0.477 e. The molecule has 1 aromatic carbocycles. The first-order chi connectivity index (χ1) is 20.2. The van der Waals surface area contributed by atoms with Gasteiger partial charge in [-0.3, -0.25) is 14.9 Å². The number of hydrogen-bond donors (Lipinski definition) is 3. The zero-order chi connectivity index (χ0) is 31.6. The molecule has 3 aliphatic heterocycles. The van der Waals surface area contributed by atoms with Gasteiger partial charge in [0.15, 0.2) is 0 Å². The van der Waals surface area contributed by atoms with Gasteiger partial charge in [0.2, 0.25) is 15.9 Å². The first-order valence-corrected chi connectivity index (χ1v) is 16.3. The van der Waals surface area contributed by atoms with E-state index in [1.165, 1.54) is 52.8 Å². The number of nitrogens with zero attached hydrogens (tertiary/aromatic N) is 3. The molecule has 2 amide bonds. The van der Waals surface area contributed by atoms with Crippen LogP contribution in [0.5, 0.6) is 0 Å². The zero-order valence-electron chi connectivity index (χ0n) is 23.7. The molecule has 0 unspecified atom stereocenters. The van der Waals surface area contributed by atoms with Gasteiger partial charge in [-0.2, -0.15) is 0 Å². The van der Waals surface area contributed by atoms with Crippen LogP contribution in [0.2, 0.25) is 0 Å². The summed E-state index contributed by atoms with van der Waals surface area (Å²) in [6.45, 7) is 3.52. The Morgan fingerprint density at radius 2 is 1.95 bits per heavy atom. The number of likely N-dealkylation sites (tertiary alicyclic amines) is 1. The molecule has 3 N–H and O–H groups in total. The Balaban J connectivity index is 1.46. The van der Waals surface area contributed by atoms with Gasteiger partial charge in [-0.15, -0.1) is 11.8 Å². The highest BCUT2D eigenvalue weighted by atomic mass is 32.2. The lowest BCUT2D eigenvalue weighted by Crippen LogP contribution is -2.63. The number of thioether (sulfide) groups is 1. The Morgan fingerprint density at radius 1 is 1.28 bits per heavy atom. The molecule has 2 saturated heterocycles. The van der Waals surface area contributed by atoms with Crippen LogP contribution in [-0.4, -0.2) is 107 Å². The molecule has 4 rings (SSSR count). The highest BCUT2D eigenvalue weighted by molar-refractivity contribution is 8.03. The zero-order valence-corrected chi connectivity index (χ0v) is 25.4. The second kappa shape index (κ2) is 13.2. The third-order valence-corrected chi connectivity index (χ3v) is 9.87. The van der Waals surface area contributed by atoms with E-state index in [4.69, 9.17) is 9.47 Å². The van der Waals surface area contributed by atoms with Crippen LogP contribution < -0.4 is 4.72 Å². The van der Waals surface area contributed by atoms with Gasteiger partial charge in [-0.25, -0.2) is 22.7 Å². The van der Waals surface area contributed by atoms with Crippen molar-refractivity contribution < 1.29 is 47.4 Å². The molecule has 3 aliphatic rings. The predicted octanol–water partition coefficient (Wildman–Crippen LogP) is 1.13. The van der Waals surface area contributed by atoms with Gasteiger partial charge < -0.3 is 29.5 Å². The highest BCUT2D eigenvalue weighted by Crippen LogP contribution is 2.52. The fourth-order valence-corrected chi connectivity index (χ4v) is 7.68. The molecule has 6 atom stereocenters. The standard InChI is InChI=1S/C26H34N4O11S2/c1-14-21-20(15(2)31)24(32)29(21)22(25(33)34)23(14)42-19-10-18(13-40-9-8-27-43(3,38)39)28(11-19)26(35)41-12-16-4-6-17(7-5-16)30(36)37/h4-7,14-15,18-21,27,31H,8-13H2,1-3H3,(H,33,34)/t14-,15-,18+,19+,20-,21-/m1/s1. The Kier molecular flexibility index (Phi) is 10.0. The van der Waals surface area contributed by atoms with E-state index >= 15 is 0 Å². The van der Waals surface area contributed by atoms with Crippen molar-refractivity contribution in [3.8, 4) is 0 Å². The number of hydrogen-bond acceptors (Lipinski definition) is 11. The summed E-state index contributed by atoms with van der Waals surface area (Å²) < 4.78 is 36.1. The number of nitro groups is 1. The summed E-state index contributed by atoms with van der Waals surface area (Å²) in [5.74, 6) is -2.71. The lowest BCUT2D eigenvalue weighted by molar-refractivity contribution is -0.384. The summed E-state index contributed by atoms with van der Waals surface area (Å²) in [6, 6.07) is 4.63. The van der Waals surface area contributed by atoms with Gasteiger partial charge in [0.05, 0.1) is 48.5 Å². The number of carbonyl (C=O) groups excluding carboxylic acids is 2. The van der Waals surface area contributed by atoms with Crippen LogP contribution in [0, 0.1) is 22.0 Å². The number of benzene rings is 1. The number of aliphatic hydroxyl groups is 1. The number of β-lactam (4-membered cyclic amide) rings is 1. The average Bonchev–Trinajstić information content (AvgIpc) is 3.43. The van der Waals surface area contributed by atoms with Crippen LogP contribution in [-0.2, 0) is 35.7 Å². The molecule has 3 heterocycles. The van der Waals surface area contributed by atoms with Crippen molar-refractivity contribution in [1.82, 2.24) is 14.5 Å². The predicted molar refractivity (Wildman–Crippen MR) is 153 cm³/mol. The highest BCUT2D eigenvalue weighted by Gasteiger charge is 2.60. The first-order valence-electron chi connectivity index (χ1n) is 13.5. The van der Waals surface area contributed by atoms with Crippen LogP contribution in [0.15, 0.2) is 34.9 Å². The van der Waals surface area contributed by atoms with E-state index in [1.807, 2.05) is 6.92 Å². The number of ether oxygens (including phenoxy) is 2. The molecule has 0 spiro atoms. The number of nitrogens with one attached hydrogen (secondary N) is 1. The van der Waals surface area contributed by atoms with Crippen molar-refractivity contribution in [2.75, 3.05) is 32.6 Å². The van der Waals surface area contributed by atoms with Gasteiger partial charge in [-0.1, -0.05) is 6.92 Å². The van der Waals surface area contributed by atoms with E-state index in [0.29, 0.717) is 16.9 Å². The van der Waals surface area contributed by atoms with E-state index < -0.39 is 57.0 Å². The Hall–Kier alpha value is -3.25. The van der Waals surface area contributed by atoms with Crippen LogP contribution >= 0.6 is 11.8 Å². The number of nitro benzene ring substituents is 1. The van der Waals surface area contributed by atoms with Gasteiger partial charge >= 0.3 is 12.1 Å². The molecular weight excluding hydrogens is 608 g/mol. The van der Waals surface area contributed by atoms with Crippen molar-refractivity contribution in [2.45, 2.75) is 50.3 Å². The Morgan fingerprint density at radius 3 is 2.53 bits per heavy atom. The number of non-ortho nitro benzene ring substituents is 1. The summed E-state index contributed by atoms with van der Waals surface area (Å²) in [6.07, 6.45) is -0.164. The second-order valence-electron chi connectivity index (χ2n) is 10.8. The molecule has 0 aliphatic carbocycles. The van der Waals surface area contributed by atoms with Crippen LogP contribution in [0.3, 0.4) is 0 Å². The molecule has 43 heavy (non-hydrogen) atoms. The monoisotopic (exact) mass is 642 g/mol. The van der Waals surface area contributed by atoms with E-state index in [9.17, 15) is 43.1 Å². The number of aliphatic carboxylic acids is 1. The normalized spacial score (nSPS) is 25.9. The summed E-state index contributed by atoms with van der Waals surface area (Å²) in [4.78, 5) is 51.6. The number of sulfonamides is 1. The summed E-state index contributed by atoms with van der Waals surface area (Å²) in [5, 5.41) is 30.7. The Labute approximate surface area is 252 Å². The topological polar surface area (TPSA) is 206 Å². The van der Waals surface area contributed by atoms with Crippen LogP contribution in [0.1, 0.15) is 25.8 Å². The summed E-state index contributed by atoms with van der Waals surface area (Å²) >= 11 is 1.28. The molecule has 236 valence electrons. The average molecular weight is 643 g/mol. The Bertz CT molecular complexity index is 1400. The molecule has 0 radical (unpaired) electrons. The maximum Gasteiger partial charge on any atom is 0.410 e. The minimum Gasteiger partial charge on any atom is -0.477 e. The number of amides is 2. The molecule has 1 aromatic rings. The molecular formula is C26H34N4O11S2. The third-order valence-electron chi connectivity index (χ3n) is 7.65. The van der Waals surface area contributed by atoms with Crippen molar-refractivity contribution in [2.24, 2.45) is 11.8 Å². The first kappa shape index (κ1) is 32.7. The summed E-state index contributed by atoms with van der Waals surface area (Å²) in [5.41, 5.74) is 0.337. The number of aliphatic hydroxyl groups excluding tert-OH is 1. The van der Waals surface area contributed by atoms with Gasteiger partial charge in [-0.05, 0) is 31.0 Å². The molecule has 17 heteroatoms. The third kappa shape index (κ3) is 7.29. The van der Waals surface area contributed by atoms with Crippen LogP contribution in [0.4, 0.5) is 10.5 Å². The van der Waals surface area contributed by atoms with Crippen molar-refractivity contribution in [1.29, 1.82) is 0 Å². The van der Waals surface area contributed by atoms with Crippen molar-refractivity contribution >= 4 is 45.4 Å². The van der Waals surface area contributed by atoms with E-state index in [1.54, 1.807) is 0 Å². The van der Waals surface area contributed by atoms with Gasteiger partial charge in [0.25, 0.3) is 5.69 Å². The number of fused-ring (bicyclic) bond motifs is 1. The number of carboxylic acids is 1.